The second kappa shape index (κ2) is 3.19. The summed E-state index contributed by atoms with van der Waals surface area (Å²) in [5.41, 5.74) is 0. The highest BCUT2D eigenvalue weighted by Gasteiger charge is 2.44. The van der Waals surface area contributed by atoms with Crippen LogP contribution < -0.4 is 0 Å². The predicted octanol–water partition coefficient (Wildman–Crippen LogP) is 0.531. The van der Waals surface area contributed by atoms with E-state index in [1.54, 1.807) is 0 Å². The summed E-state index contributed by atoms with van der Waals surface area (Å²) < 4.78 is 5.16. The van der Waals surface area contributed by atoms with E-state index in [0.717, 1.165) is 6.42 Å². The standard InChI is InChI=1S/C7H13NO3/c1-4-6-7(11-6)8(10-3)5(2)9/h6-7H,4H2,1-3H3/t6-,7?/m1/s1. The van der Waals surface area contributed by atoms with Crippen molar-refractivity contribution in [3.8, 4) is 0 Å². The first-order valence-electron chi connectivity index (χ1n) is 3.70. The van der Waals surface area contributed by atoms with Crippen molar-refractivity contribution in [2.75, 3.05) is 7.11 Å². The van der Waals surface area contributed by atoms with E-state index in [0.29, 0.717) is 0 Å². The molecule has 4 nitrogen and oxygen atoms in total. The van der Waals surface area contributed by atoms with E-state index < -0.39 is 0 Å². The summed E-state index contributed by atoms with van der Waals surface area (Å²) in [6, 6.07) is 0. The summed E-state index contributed by atoms with van der Waals surface area (Å²) in [5.74, 6) is -0.117. The Kier molecular flexibility index (Phi) is 2.46. The monoisotopic (exact) mass is 159 g/mol. The number of hydroxylamine groups is 2. The average Bonchev–Trinajstić information content (AvgIpc) is 2.68. The fourth-order valence-corrected chi connectivity index (χ4v) is 1.05. The molecule has 1 aliphatic heterocycles. The number of amides is 1. The van der Waals surface area contributed by atoms with Gasteiger partial charge >= 0.3 is 0 Å². The van der Waals surface area contributed by atoms with Gasteiger partial charge in [0.25, 0.3) is 0 Å². The molecule has 4 heteroatoms. The van der Waals surface area contributed by atoms with Crippen molar-refractivity contribution >= 4 is 5.91 Å². The van der Waals surface area contributed by atoms with Crippen LogP contribution in [-0.2, 0) is 14.4 Å². The van der Waals surface area contributed by atoms with Gasteiger partial charge in [-0.15, -0.1) is 0 Å². The Morgan fingerprint density at radius 3 is 2.64 bits per heavy atom. The first-order chi connectivity index (χ1) is 5.20. The van der Waals surface area contributed by atoms with Gasteiger partial charge in [0.05, 0.1) is 7.11 Å². The van der Waals surface area contributed by atoms with E-state index in [1.807, 2.05) is 6.92 Å². The highest BCUT2D eigenvalue weighted by Crippen LogP contribution is 2.28. The summed E-state index contributed by atoms with van der Waals surface area (Å²) in [5, 5.41) is 1.26. The Balaban J connectivity index is 2.40. The fourth-order valence-electron chi connectivity index (χ4n) is 1.05. The second-order valence-electron chi connectivity index (χ2n) is 2.50. The normalized spacial score (nSPS) is 28.3. The van der Waals surface area contributed by atoms with Gasteiger partial charge in [0, 0.05) is 6.92 Å². The third kappa shape index (κ3) is 1.70. The minimum absolute atomic E-state index is 0.117. The summed E-state index contributed by atoms with van der Waals surface area (Å²) in [4.78, 5) is 15.7. The number of hydrogen-bond acceptors (Lipinski definition) is 3. The highest BCUT2D eigenvalue weighted by molar-refractivity contribution is 5.72. The van der Waals surface area contributed by atoms with Gasteiger partial charge < -0.3 is 4.74 Å². The van der Waals surface area contributed by atoms with Crippen LogP contribution >= 0.6 is 0 Å². The van der Waals surface area contributed by atoms with Gasteiger partial charge in [0.1, 0.15) is 6.10 Å². The van der Waals surface area contributed by atoms with E-state index >= 15 is 0 Å². The van der Waals surface area contributed by atoms with Crippen LogP contribution in [0.1, 0.15) is 20.3 Å². The molecule has 1 rings (SSSR count). The zero-order valence-electron chi connectivity index (χ0n) is 7.03. The van der Waals surface area contributed by atoms with Crippen LogP contribution in [0.25, 0.3) is 0 Å². The molecule has 2 atom stereocenters. The Labute approximate surface area is 66.0 Å². The number of carbonyl (C=O) groups excluding carboxylic acids is 1. The van der Waals surface area contributed by atoms with Gasteiger partial charge in [-0.2, -0.15) is 5.06 Å². The van der Waals surface area contributed by atoms with E-state index in [-0.39, 0.29) is 18.2 Å². The van der Waals surface area contributed by atoms with Gasteiger partial charge in [-0.3, -0.25) is 9.63 Å². The minimum atomic E-state index is -0.150. The lowest BCUT2D eigenvalue weighted by Crippen LogP contribution is -2.31. The lowest BCUT2D eigenvalue weighted by molar-refractivity contribution is -0.184. The molecule has 1 unspecified atom stereocenters. The molecule has 0 aromatic heterocycles. The van der Waals surface area contributed by atoms with E-state index in [4.69, 9.17) is 9.57 Å². The number of nitrogens with zero attached hydrogens (tertiary/aromatic N) is 1. The van der Waals surface area contributed by atoms with Crippen LogP contribution in [0.3, 0.4) is 0 Å². The quantitative estimate of drug-likeness (QED) is 0.445. The zero-order valence-corrected chi connectivity index (χ0v) is 7.03. The molecule has 0 spiro atoms. The second-order valence-corrected chi connectivity index (χ2v) is 2.50. The highest BCUT2D eigenvalue weighted by atomic mass is 16.7. The van der Waals surface area contributed by atoms with Gasteiger partial charge in [-0.05, 0) is 6.42 Å². The molecule has 64 valence electrons. The van der Waals surface area contributed by atoms with E-state index in [9.17, 15) is 4.79 Å². The van der Waals surface area contributed by atoms with Crippen molar-refractivity contribution in [2.45, 2.75) is 32.6 Å². The van der Waals surface area contributed by atoms with Crippen LogP contribution in [0, 0.1) is 0 Å². The molecule has 11 heavy (non-hydrogen) atoms. The van der Waals surface area contributed by atoms with Crippen molar-refractivity contribution in [3.05, 3.63) is 0 Å². The molecular formula is C7H13NO3. The lowest BCUT2D eigenvalue weighted by Gasteiger charge is -2.14. The maximum absolute atomic E-state index is 10.8. The topological polar surface area (TPSA) is 42.1 Å². The van der Waals surface area contributed by atoms with Crippen LogP contribution in [0.2, 0.25) is 0 Å². The van der Waals surface area contributed by atoms with Crippen molar-refractivity contribution in [3.63, 3.8) is 0 Å². The summed E-state index contributed by atoms with van der Waals surface area (Å²) in [6.07, 6.45) is 0.930. The third-order valence-corrected chi connectivity index (χ3v) is 1.70. The van der Waals surface area contributed by atoms with Crippen molar-refractivity contribution in [1.29, 1.82) is 0 Å². The Bertz CT molecular complexity index is 160. The van der Waals surface area contributed by atoms with Crippen molar-refractivity contribution in [2.24, 2.45) is 0 Å². The molecule has 0 aromatic rings. The Morgan fingerprint density at radius 2 is 2.36 bits per heavy atom. The third-order valence-electron chi connectivity index (χ3n) is 1.70. The SMILES string of the molecule is CC[C@H]1OC1N(OC)C(C)=O. The number of rotatable bonds is 3. The molecule has 1 amide bonds. The maximum Gasteiger partial charge on any atom is 0.245 e. The summed E-state index contributed by atoms with van der Waals surface area (Å²) in [7, 11) is 1.47. The van der Waals surface area contributed by atoms with Gasteiger partial charge in [0.2, 0.25) is 5.91 Å². The van der Waals surface area contributed by atoms with E-state index in [2.05, 4.69) is 0 Å². The Morgan fingerprint density at radius 1 is 1.73 bits per heavy atom. The summed E-state index contributed by atoms with van der Waals surface area (Å²) in [6.45, 7) is 3.47. The largest absolute Gasteiger partial charge is 0.345 e. The van der Waals surface area contributed by atoms with Crippen molar-refractivity contribution < 1.29 is 14.4 Å². The number of carbonyl (C=O) groups is 1. The molecule has 0 radical (unpaired) electrons. The molecule has 1 aliphatic rings. The first-order valence-corrected chi connectivity index (χ1v) is 3.70. The van der Waals surface area contributed by atoms with Gasteiger partial charge in [-0.25, -0.2) is 0 Å². The predicted molar refractivity (Wildman–Crippen MR) is 38.5 cm³/mol. The molecule has 0 saturated carbocycles. The van der Waals surface area contributed by atoms with Gasteiger partial charge in [-0.1, -0.05) is 6.92 Å². The molecule has 0 aliphatic carbocycles. The van der Waals surface area contributed by atoms with Crippen LogP contribution in [0.15, 0.2) is 0 Å². The van der Waals surface area contributed by atoms with Crippen LogP contribution in [-0.4, -0.2) is 30.4 Å². The average molecular weight is 159 g/mol. The fraction of sp³-hybridized carbons (Fsp3) is 0.857. The van der Waals surface area contributed by atoms with Crippen molar-refractivity contribution in [1.82, 2.24) is 5.06 Å². The molecule has 0 N–H and O–H groups in total. The lowest BCUT2D eigenvalue weighted by atomic mass is 10.3. The molecule has 0 aromatic carbocycles. The molecule has 0 bridgehead atoms. The smallest absolute Gasteiger partial charge is 0.245 e. The number of hydrogen-bond donors (Lipinski definition) is 0. The van der Waals surface area contributed by atoms with Crippen LogP contribution in [0.5, 0.6) is 0 Å². The minimum Gasteiger partial charge on any atom is -0.345 e. The molecular weight excluding hydrogens is 146 g/mol. The maximum atomic E-state index is 10.8. The number of epoxide rings is 1. The van der Waals surface area contributed by atoms with Gasteiger partial charge in [0.15, 0.2) is 6.23 Å². The molecule has 1 fully saturated rings. The Hall–Kier alpha value is -0.610. The van der Waals surface area contributed by atoms with E-state index in [1.165, 1.54) is 19.1 Å². The number of ether oxygens (including phenoxy) is 1. The molecule has 1 saturated heterocycles. The first kappa shape index (κ1) is 8.49. The summed E-state index contributed by atoms with van der Waals surface area (Å²) >= 11 is 0. The molecule has 1 heterocycles. The van der Waals surface area contributed by atoms with Crippen LogP contribution in [0.4, 0.5) is 0 Å². The zero-order chi connectivity index (χ0) is 8.43.